The van der Waals surface area contributed by atoms with Gasteiger partial charge in [0.15, 0.2) is 8.68 Å². The van der Waals surface area contributed by atoms with E-state index in [1.807, 2.05) is 0 Å². The van der Waals surface area contributed by atoms with Crippen molar-refractivity contribution in [3.05, 3.63) is 58.7 Å². The summed E-state index contributed by atoms with van der Waals surface area (Å²) in [5, 5.41) is 11.6. The highest BCUT2D eigenvalue weighted by atomic mass is 35.5. The van der Waals surface area contributed by atoms with Crippen molar-refractivity contribution in [3.63, 3.8) is 0 Å². The van der Waals surface area contributed by atoms with E-state index in [9.17, 15) is 4.79 Å². The van der Waals surface area contributed by atoms with Crippen molar-refractivity contribution in [2.75, 3.05) is 11.1 Å². The first kappa shape index (κ1) is 21.1. The summed E-state index contributed by atoms with van der Waals surface area (Å²) in [6.45, 7) is 4.38. The minimum atomic E-state index is -0.144. The first-order valence-corrected chi connectivity index (χ1v) is 11.8. The lowest BCUT2D eigenvalue weighted by Crippen LogP contribution is -2.14. The van der Waals surface area contributed by atoms with E-state index in [-0.39, 0.29) is 11.7 Å². The highest BCUT2D eigenvalue weighted by Gasteiger charge is 2.10. The summed E-state index contributed by atoms with van der Waals surface area (Å²) < 4.78 is 1.67. The van der Waals surface area contributed by atoms with Gasteiger partial charge in [-0.25, -0.2) is 4.98 Å². The molecular formula is C19H19ClN4OS3. The van der Waals surface area contributed by atoms with E-state index in [2.05, 4.69) is 58.6 Å². The van der Waals surface area contributed by atoms with Crippen molar-refractivity contribution in [1.82, 2.24) is 15.2 Å². The molecule has 5 nitrogen and oxygen atoms in total. The van der Waals surface area contributed by atoms with Crippen LogP contribution in [0.2, 0.25) is 5.02 Å². The van der Waals surface area contributed by atoms with Crippen LogP contribution >= 0.6 is 46.5 Å². The predicted molar refractivity (Wildman–Crippen MR) is 119 cm³/mol. The first-order chi connectivity index (χ1) is 13.5. The van der Waals surface area contributed by atoms with Crippen molar-refractivity contribution in [2.45, 2.75) is 34.2 Å². The quantitative estimate of drug-likeness (QED) is 0.442. The van der Waals surface area contributed by atoms with E-state index < -0.39 is 0 Å². The second-order valence-electron chi connectivity index (χ2n) is 6.22. The third kappa shape index (κ3) is 6.48. The average molecular weight is 451 g/mol. The van der Waals surface area contributed by atoms with Crippen LogP contribution in [0.15, 0.2) is 51.3 Å². The number of hydrogen-bond acceptors (Lipinski definition) is 7. The van der Waals surface area contributed by atoms with Gasteiger partial charge >= 0.3 is 0 Å². The second-order valence-corrected chi connectivity index (χ2v) is 10.1. The molecule has 0 radical (unpaired) electrons. The van der Waals surface area contributed by atoms with E-state index in [1.165, 1.54) is 40.4 Å². The standard InChI is InChI=1S/C19H19ClN4OS3/c1-12(2)14-5-3-13(4-6-14)10-26-18-23-24-19(28-18)27-11-17(25)22-16-8-7-15(20)9-21-16/h3-9,12H,10-11H2,1-2H3,(H,21,22,25). The van der Waals surface area contributed by atoms with Gasteiger partial charge in [-0.15, -0.1) is 10.2 Å². The molecule has 0 fully saturated rings. The van der Waals surface area contributed by atoms with Crippen LogP contribution in [-0.4, -0.2) is 26.8 Å². The Kier molecular flexibility index (Phi) is 7.73. The number of carbonyl (C=O) groups is 1. The highest BCUT2D eigenvalue weighted by molar-refractivity contribution is 8.03. The molecule has 1 aromatic carbocycles. The monoisotopic (exact) mass is 450 g/mol. The molecule has 1 N–H and O–H groups in total. The van der Waals surface area contributed by atoms with Crippen LogP contribution in [0.4, 0.5) is 5.82 Å². The van der Waals surface area contributed by atoms with Crippen LogP contribution in [0, 0.1) is 0 Å². The summed E-state index contributed by atoms with van der Waals surface area (Å²) in [6, 6.07) is 12.0. The normalized spacial score (nSPS) is 11.0. The lowest BCUT2D eigenvalue weighted by Gasteiger charge is -2.06. The van der Waals surface area contributed by atoms with E-state index in [0.717, 1.165) is 14.4 Å². The molecule has 0 saturated heterocycles. The Morgan fingerprint density at radius 3 is 2.46 bits per heavy atom. The van der Waals surface area contributed by atoms with Gasteiger partial charge in [0.2, 0.25) is 5.91 Å². The van der Waals surface area contributed by atoms with Gasteiger partial charge in [-0.05, 0) is 29.2 Å². The number of nitrogens with zero attached hydrogens (tertiary/aromatic N) is 3. The second kappa shape index (κ2) is 10.2. The summed E-state index contributed by atoms with van der Waals surface area (Å²) in [5.41, 5.74) is 2.60. The van der Waals surface area contributed by atoms with E-state index >= 15 is 0 Å². The number of thioether (sulfide) groups is 2. The van der Waals surface area contributed by atoms with E-state index in [1.54, 1.807) is 23.9 Å². The molecule has 3 aromatic rings. The van der Waals surface area contributed by atoms with E-state index in [4.69, 9.17) is 11.6 Å². The van der Waals surface area contributed by atoms with Crippen molar-refractivity contribution in [3.8, 4) is 0 Å². The third-order valence-electron chi connectivity index (χ3n) is 3.72. The van der Waals surface area contributed by atoms with Gasteiger partial charge in [-0.1, -0.05) is 84.6 Å². The first-order valence-electron chi connectivity index (χ1n) is 8.59. The van der Waals surface area contributed by atoms with Crippen LogP contribution in [0.5, 0.6) is 0 Å². The largest absolute Gasteiger partial charge is 0.310 e. The SMILES string of the molecule is CC(C)c1ccc(CSc2nnc(SCC(=O)Nc3ccc(Cl)cn3)s2)cc1. The number of amides is 1. The Morgan fingerprint density at radius 2 is 1.82 bits per heavy atom. The maximum Gasteiger partial charge on any atom is 0.235 e. The summed E-state index contributed by atoms with van der Waals surface area (Å²) in [6.07, 6.45) is 1.49. The molecule has 3 rings (SSSR count). The van der Waals surface area contributed by atoms with Gasteiger partial charge in [0.05, 0.1) is 10.8 Å². The van der Waals surface area contributed by atoms with Gasteiger partial charge in [-0.3, -0.25) is 4.79 Å². The lowest BCUT2D eigenvalue weighted by atomic mass is 10.0. The molecule has 0 atom stereocenters. The molecule has 2 aromatic heterocycles. The molecule has 0 aliphatic carbocycles. The number of nitrogens with one attached hydrogen (secondary N) is 1. The van der Waals surface area contributed by atoms with Crippen molar-refractivity contribution in [1.29, 1.82) is 0 Å². The maximum atomic E-state index is 12.0. The topological polar surface area (TPSA) is 67.8 Å². The molecule has 0 unspecified atom stereocenters. The van der Waals surface area contributed by atoms with Crippen LogP contribution in [0.3, 0.4) is 0 Å². The smallest absolute Gasteiger partial charge is 0.235 e. The Hall–Kier alpha value is -1.61. The molecule has 1 amide bonds. The number of rotatable bonds is 8. The molecule has 2 heterocycles. The highest BCUT2D eigenvalue weighted by Crippen LogP contribution is 2.31. The molecule has 0 aliphatic rings. The molecule has 0 bridgehead atoms. The number of aromatic nitrogens is 3. The fourth-order valence-electron chi connectivity index (χ4n) is 2.21. The zero-order chi connectivity index (χ0) is 19.9. The number of pyridine rings is 1. The van der Waals surface area contributed by atoms with Gasteiger partial charge < -0.3 is 5.32 Å². The fourth-order valence-corrected chi connectivity index (χ4v) is 5.10. The minimum Gasteiger partial charge on any atom is -0.310 e. The fraction of sp³-hybridized carbons (Fsp3) is 0.263. The molecule has 0 aliphatic heterocycles. The number of carbonyl (C=O) groups excluding carboxylic acids is 1. The van der Waals surface area contributed by atoms with Crippen molar-refractivity contribution >= 4 is 58.2 Å². The summed E-state index contributed by atoms with van der Waals surface area (Å²) in [4.78, 5) is 16.1. The molecule has 9 heteroatoms. The van der Waals surface area contributed by atoms with Crippen LogP contribution in [-0.2, 0) is 10.5 Å². The summed E-state index contributed by atoms with van der Waals surface area (Å²) in [5.74, 6) is 1.97. The van der Waals surface area contributed by atoms with Gasteiger partial charge in [0, 0.05) is 11.9 Å². The zero-order valence-corrected chi connectivity index (χ0v) is 18.6. The predicted octanol–water partition coefficient (Wildman–Crippen LogP) is 5.73. The maximum absolute atomic E-state index is 12.0. The van der Waals surface area contributed by atoms with Gasteiger partial charge in [0.1, 0.15) is 5.82 Å². The molecule has 28 heavy (non-hydrogen) atoms. The van der Waals surface area contributed by atoms with Crippen LogP contribution in [0.25, 0.3) is 0 Å². The minimum absolute atomic E-state index is 0.144. The van der Waals surface area contributed by atoms with Gasteiger partial charge in [-0.2, -0.15) is 0 Å². The van der Waals surface area contributed by atoms with Crippen LogP contribution < -0.4 is 5.32 Å². The molecule has 146 valence electrons. The Balaban J connectivity index is 1.44. The van der Waals surface area contributed by atoms with Crippen molar-refractivity contribution < 1.29 is 4.79 Å². The Morgan fingerprint density at radius 1 is 1.11 bits per heavy atom. The van der Waals surface area contributed by atoms with Crippen molar-refractivity contribution in [2.24, 2.45) is 0 Å². The summed E-state index contributed by atoms with van der Waals surface area (Å²) in [7, 11) is 0. The third-order valence-corrected chi connectivity index (χ3v) is 7.20. The molecular weight excluding hydrogens is 432 g/mol. The number of anilines is 1. The van der Waals surface area contributed by atoms with Crippen LogP contribution in [0.1, 0.15) is 30.9 Å². The molecule has 0 spiro atoms. The van der Waals surface area contributed by atoms with Gasteiger partial charge in [0.25, 0.3) is 0 Å². The zero-order valence-electron chi connectivity index (χ0n) is 15.4. The Bertz CT molecular complexity index is 914. The number of halogens is 1. The number of hydrogen-bond donors (Lipinski definition) is 1. The lowest BCUT2D eigenvalue weighted by molar-refractivity contribution is -0.113. The number of benzene rings is 1. The average Bonchev–Trinajstić information content (AvgIpc) is 3.15. The van der Waals surface area contributed by atoms with E-state index in [0.29, 0.717) is 16.8 Å². The Labute approximate surface area is 181 Å². The molecule has 0 saturated carbocycles. The summed E-state index contributed by atoms with van der Waals surface area (Å²) >= 11 is 10.3.